The van der Waals surface area contributed by atoms with Gasteiger partial charge in [-0.2, -0.15) is 0 Å². The second-order valence-electron chi connectivity index (χ2n) is 13.4. The molecule has 3 amide bonds. The number of anilines is 1. The number of fused-ring (bicyclic) bond motifs is 2. The molecule has 2 bridgehead atoms. The third kappa shape index (κ3) is 6.45. The van der Waals surface area contributed by atoms with Crippen molar-refractivity contribution in [3.05, 3.63) is 104 Å². The lowest BCUT2D eigenvalue weighted by Gasteiger charge is -2.37. The lowest BCUT2D eigenvalue weighted by Crippen LogP contribution is -2.56. The molecular formula is C40H45N3O7. The highest BCUT2D eigenvalue weighted by molar-refractivity contribution is 6.05. The minimum atomic E-state index is -1.25. The van der Waals surface area contributed by atoms with Crippen LogP contribution >= 0.6 is 0 Å². The van der Waals surface area contributed by atoms with Crippen LogP contribution in [0.4, 0.5) is 5.69 Å². The van der Waals surface area contributed by atoms with Gasteiger partial charge in [-0.05, 0) is 61.1 Å². The fourth-order valence-electron chi connectivity index (χ4n) is 8.07. The number of aliphatic hydroxyl groups is 1. The van der Waals surface area contributed by atoms with Crippen LogP contribution in [0.2, 0.25) is 0 Å². The first-order valence-corrected chi connectivity index (χ1v) is 17.4. The number of esters is 1. The van der Waals surface area contributed by atoms with Crippen LogP contribution in [0.25, 0.3) is 10.8 Å². The van der Waals surface area contributed by atoms with Crippen molar-refractivity contribution in [3.63, 3.8) is 0 Å². The van der Waals surface area contributed by atoms with E-state index in [0.29, 0.717) is 30.5 Å². The molecule has 7 atom stereocenters. The van der Waals surface area contributed by atoms with Gasteiger partial charge in [0.1, 0.15) is 17.7 Å². The molecule has 0 aromatic heterocycles. The van der Waals surface area contributed by atoms with Crippen LogP contribution in [-0.4, -0.2) is 77.2 Å². The molecule has 0 unspecified atom stereocenters. The summed E-state index contributed by atoms with van der Waals surface area (Å²) in [7, 11) is 0. The largest absolute Gasteiger partial charge is 0.455 e. The summed E-state index contributed by atoms with van der Waals surface area (Å²) in [5.74, 6) is -3.39. The van der Waals surface area contributed by atoms with Gasteiger partial charge in [0.05, 0.1) is 24.0 Å². The first-order chi connectivity index (χ1) is 24.2. The third-order valence-electron chi connectivity index (χ3n) is 10.3. The molecule has 3 aliphatic rings. The Kier molecular flexibility index (Phi) is 10.5. The second-order valence-corrected chi connectivity index (χ2v) is 13.4. The number of aliphatic hydroxyl groups excluding tert-OH is 1. The fourth-order valence-corrected chi connectivity index (χ4v) is 8.07. The molecule has 3 aromatic carbocycles. The van der Waals surface area contributed by atoms with E-state index < -0.39 is 47.7 Å². The molecular weight excluding hydrogens is 634 g/mol. The number of ether oxygens (including phenoxy) is 2. The molecule has 0 radical (unpaired) electrons. The van der Waals surface area contributed by atoms with Gasteiger partial charge < -0.3 is 29.7 Å². The number of nitrogens with zero attached hydrogens (tertiary/aromatic N) is 2. The van der Waals surface area contributed by atoms with Crippen LogP contribution in [0, 0.1) is 11.8 Å². The van der Waals surface area contributed by atoms with Crippen LogP contribution in [0.15, 0.2) is 98.1 Å². The van der Waals surface area contributed by atoms with Crippen LogP contribution in [0.1, 0.15) is 50.7 Å². The maximum absolute atomic E-state index is 14.8. The SMILES string of the molecule is C=CCCC(=O)N[C@@H](C)[C@H](OC(=O)[C@@H]1[C@H]2C(=O)N(CCCO)[C@H](C(=O)N(CC=C)c3ccc4ccccc4c3)[C@]23CC[C@H]1O3)c1ccccc1. The Hall–Kier alpha value is -4.80. The normalized spacial score (nSPS) is 24.8. The lowest BCUT2D eigenvalue weighted by molar-refractivity contribution is -0.162. The maximum atomic E-state index is 14.8. The van der Waals surface area contributed by atoms with Crippen molar-refractivity contribution in [3.8, 4) is 0 Å². The van der Waals surface area contributed by atoms with Crippen molar-refractivity contribution in [2.45, 2.75) is 68.9 Å². The summed E-state index contributed by atoms with van der Waals surface area (Å²) in [6.45, 7) is 9.50. The number of hydrogen-bond acceptors (Lipinski definition) is 7. The highest BCUT2D eigenvalue weighted by Crippen LogP contribution is 2.59. The molecule has 3 aromatic rings. The van der Waals surface area contributed by atoms with Crippen LogP contribution in [0.3, 0.4) is 0 Å². The van der Waals surface area contributed by atoms with E-state index in [1.807, 2.05) is 72.8 Å². The van der Waals surface area contributed by atoms with Crippen molar-refractivity contribution in [1.29, 1.82) is 0 Å². The molecule has 262 valence electrons. The summed E-state index contributed by atoms with van der Waals surface area (Å²) in [4.78, 5) is 59.3. The summed E-state index contributed by atoms with van der Waals surface area (Å²) in [6, 6.07) is 21.2. The number of hydrogen-bond donors (Lipinski definition) is 2. The topological polar surface area (TPSA) is 125 Å². The predicted octanol–water partition coefficient (Wildman–Crippen LogP) is 4.87. The Morgan fingerprint density at radius 1 is 1.08 bits per heavy atom. The highest BCUT2D eigenvalue weighted by atomic mass is 16.6. The van der Waals surface area contributed by atoms with E-state index >= 15 is 0 Å². The van der Waals surface area contributed by atoms with Crippen molar-refractivity contribution >= 4 is 40.2 Å². The number of rotatable bonds is 15. The number of carbonyl (C=O) groups is 4. The van der Waals surface area contributed by atoms with Crippen molar-refractivity contribution in [2.24, 2.45) is 11.8 Å². The van der Waals surface area contributed by atoms with Gasteiger partial charge in [0, 0.05) is 31.8 Å². The number of likely N-dealkylation sites (tertiary alicyclic amines) is 1. The lowest BCUT2D eigenvalue weighted by atomic mass is 9.70. The van der Waals surface area contributed by atoms with E-state index in [2.05, 4.69) is 18.5 Å². The summed E-state index contributed by atoms with van der Waals surface area (Å²) in [5.41, 5.74) is 0.101. The van der Waals surface area contributed by atoms with Gasteiger partial charge in [-0.1, -0.05) is 72.8 Å². The van der Waals surface area contributed by atoms with E-state index in [9.17, 15) is 24.3 Å². The average molecular weight is 680 g/mol. The predicted molar refractivity (Wildman–Crippen MR) is 190 cm³/mol. The van der Waals surface area contributed by atoms with Crippen LogP contribution < -0.4 is 10.2 Å². The van der Waals surface area contributed by atoms with Gasteiger partial charge in [0.2, 0.25) is 11.8 Å². The number of allylic oxidation sites excluding steroid dienone is 1. The Morgan fingerprint density at radius 2 is 1.82 bits per heavy atom. The fraction of sp³-hybridized carbons (Fsp3) is 0.400. The zero-order valence-corrected chi connectivity index (χ0v) is 28.4. The van der Waals surface area contributed by atoms with E-state index in [4.69, 9.17) is 9.47 Å². The van der Waals surface area contributed by atoms with Crippen molar-refractivity contribution in [2.75, 3.05) is 24.6 Å². The highest BCUT2D eigenvalue weighted by Gasteiger charge is 2.75. The van der Waals surface area contributed by atoms with E-state index in [1.165, 1.54) is 4.90 Å². The first kappa shape index (κ1) is 35.0. The zero-order chi connectivity index (χ0) is 35.4. The molecule has 10 nitrogen and oxygen atoms in total. The maximum Gasteiger partial charge on any atom is 0.313 e. The van der Waals surface area contributed by atoms with Crippen LogP contribution in [-0.2, 0) is 28.7 Å². The van der Waals surface area contributed by atoms with Crippen molar-refractivity contribution < 1.29 is 33.8 Å². The average Bonchev–Trinajstić information content (AvgIpc) is 3.78. The van der Waals surface area contributed by atoms with Gasteiger partial charge >= 0.3 is 5.97 Å². The Balaban J connectivity index is 1.32. The second kappa shape index (κ2) is 15.0. The van der Waals surface area contributed by atoms with Gasteiger partial charge in [0.15, 0.2) is 0 Å². The van der Waals surface area contributed by atoms with E-state index in [1.54, 1.807) is 24.0 Å². The minimum absolute atomic E-state index is 0.125. The third-order valence-corrected chi connectivity index (χ3v) is 10.3. The molecule has 50 heavy (non-hydrogen) atoms. The molecule has 2 N–H and O–H groups in total. The van der Waals surface area contributed by atoms with Gasteiger partial charge in [-0.3, -0.25) is 19.2 Å². The quantitative estimate of drug-likeness (QED) is 0.174. The Morgan fingerprint density at radius 3 is 2.54 bits per heavy atom. The molecule has 3 heterocycles. The molecule has 1 spiro atoms. The van der Waals surface area contributed by atoms with Gasteiger partial charge in [0.25, 0.3) is 5.91 Å². The molecule has 3 aliphatic heterocycles. The van der Waals surface area contributed by atoms with Gasteiger partial charge in [-0.15, -0.1) is 13.2 Å². The Labute approximate surface area is 292 Å². The molecule has 10 heteroatoms. The monoisotopic (exact) mass is 679 g/mol. The number of amides is 3. The Bertz CT molecular complexity index is 1760. The number of benzene rings is 3. The summed E-state index contributed by atoms with van der Waals surface area (Å²) >= 11 is 0. The van der Waals surface area contributed by atoms with Crippen molar-refractivity contribution in [1.82, 2.24) is 10.2 Å². The molecule has 3 fully saturated rings. The van der Waals surface area contributed by atoms with E-state index in [-0.39, 0.29) is 50.3 Å². The standard InChI is InChI=1S/C40H45N3O7/c1-4-6-17-32(45)41-26(3)35(28-14-8-7-9-15-28)49-39(48)33-31-20-21-40(50-31)34(33)37(46)43(23-12-24-44)36(40)38(47)42(22-5-2)30-19-18-27-13-10-11-16-29(27)25-30/h4-5,7-11,13-16,18-19,25-26,31,33-36,44H,1-2,6,12,17,20-24H2,3H3,(H,41,45)/t26-,31+,33-,34-,35-,36+,40-/m0/s1. The smallest absolute Gasteiger partial charge is 0.313 e. The molecule has 6 rings (SSSR count). The summed E-state index contributed by atoms with van der Waals surface area (Å²) in [5, 5.41) is 14.7. The number of carbonyl (C=O) groups excluding carboxylic acids is 4. The van der Waals surface area contributed by atoms with E-state index in [0.717, 1.165) is 10.8 Å². The zero-order valence-electron chi connectivity index (χ0n) is 28.4. The molecule has 3 saturated heterocycles. The molecule has 0 saturated carbocycles. The number of nitrogens with one attached hydrogen (secondary N) is 1. The summed E-state index contributed by atoms with van der Waals surface area (Å²) in [6.07, 6.45) is 3.78. The van der Waals surface area contributed by atoms with Gasteiger partial charge in [-0.25, -0.2) is 0 Å². The minimum Gasteiger partial charge on any atom is -0.455 e. The summed E-state index contributed by atoms with van der Waals surface area (Å²) < 4.78 is 12.9. The first-order valence-electron chi connectivity index (χ1n) is 17.4. The van der Waals surface area contributed by atoms with Crippen LogP contribution in [0.5, 0.6) is 0 Å². The molecule has 0 aliphatic carbocycles.